The Balaban J connectivity index is 1.49. The summed E-state index contributed by atoms with van der Waals surface area (Å²) in [5, 5.41) is 6.12. The summed E-state index contributed by atoms with van der Waals surface area (Å²) in [6, 6.07) is 8.27. The van der Waals surface area contributed by atoms with E-state index >= 15 is 0 Å². The van der Waals surface area contributed by atoms with Crippen molar-refractivity contribution in [3.8, 4) is 0 Å². The molecule has 1 aromatic carbocycles. The number of ether oxygens (including phenoxy) is 1. The van der Waals surface area contributed by atoms with E-state index in [0.717, 1.165) is 37.3 Å². The number of benzene rings is 1. The summed E-state index contributed by atoms with van der Waals surface area (Å²) in [4.78, 5) is 27.3. The third kappa shape index (κ3) is 6.82. The first-order valence-electron chi connectivity index (χ1n) is 10.9. The van der Waals surface area contributed by atoms with Gasteiger partial charge in [-0.2, -0.15) is 0 Å². The maximum absolute atomic E-state index is 12.5. The summed E-state index contributed by atoms with van der Waals surface area (Å²) in [7, 11) is 1.67. The van der Waals surface area contributed by atoms with E-state index in [9.17, 15) is 9.59 Å². The molecule has 2 N–H and O–H groups in total. The molecule has 29 heavy (non-hydrogen) atoms. The Hall–Kier alpha value is -1.92. The van der Waals surface area contributed by atoms with Crippen molar-refractivity contribution < 1.29 is 14.3 Å². The summed E-state index contributed by atoms with van der Waals surface area (Å²) in [5.41, 5.74) is 1.85. The average molecular weight is 402 g/mol. The van der Waals surface area contributed by atoms with Gasteiger partial charge in [0.1, 0.15) is 0 Å². The molecule has 2 fully saturated rings. The normalized spacial score (nSPS) is 21.9. The molecule has 0 unspecified atom stereocenters. The van der Waals surface area contributed by atoms with Crippen molar-refractivity contribution in [2.24, 2.45) is 5.92 Å². The standard InChI is InChI=1S/C23H35N3O3/c1-17-4-8-19(9-5-17)23(28)25-15-21-11-10-20(26(21)16-18-6-7-18)14-22(27)24-12-3-13-29-2/h4-5,8-9,18,20-21H,3,6-7,10-16H2,1-2H3,(H,24,27)(H,25,28)/t20-,21+/m1/s1. The summed E-state index contributed by atoms with van der Waals surface area (Å²) in [5.74, 6) is 0.864. The Labute approximate surface area is 174 Å². The molecule has 0 spiro atoms. The van der Waals surface area contributed by atoms with E-state index in [1.807, 2.05) is 31.2 Å². The molecule has 2 atom stereocenters. The van der Waals surface area contributed by atoms with E-state index < -0.39 is 0 Å². The van der Waals surface area contributed by atoms with Crippen molar-refractivity contribution >= 4 is 11.8 Å². The largest absolute Gasteiger partial charge is 0.385 e. The molecule has 0 aromatic heterocycles. The van der Waals surface area contributed by atoms with E-state index in [0.29, 0.717) is 37.7 Å². The van der Waals surface area contributed by atoms with E-state index in [4.69, 9.17) is 4.74 Å². The zero-order valence-electron chi connectivity index (χ0n) is 17.8. The first-order valence-corrected chi connectivity index (χ1v) is 10.9. The van der Waals surface area contributed by atoms with Crippen molar-refractivity contribution in [3.63, 3.8) is 0 Å². The van der Waals surface area contributed by atoms with Crippen LogP contribution >= 0.6 is 0 Å². The molecular formula is C23H35N3O3. The summed E-state index contributed by atoms with van der Waals surface area (Å²) in [6.45, 7) is 5.04. The Morgan fingerprint density at radius 2 is 1.79 bits per heavy atom. The highest BCUT2D eigenvalue weighted by atomic mass is 16.5. The molecule has 0 bridgehead atoms. The Morgan fingerprint density at radius 1 is 1.07 bits per heavy atom. The zero-order chi connectivity index (χ0) is 20.6. The van der Waals surface area contributed by atoms with Gasteiger partial charge in [-0.25, -0.2) is 0 Å². The van der Waals surface area contributed by atoms with Crippen molar-refractivity contribution in [1.29, 1.82) is 0 Å². The number of amides is 2. The van der Waals surface area contributed by atoms with Gasteiger partial charge >= 0.3 is 0 Å². The van der Waals surface area contributed by atoms with Crippen LogP contribution in [-0.4, -0.2) is 62.1 Å². The molecule has 6 nitrogen and oxygen atoms in total. The van der Waals surface area contributed by atoms with Gasteiger partial charge in [0, 0.05) is 57.4 Å². The lowest BCUT2D eigenvalue weighted by Crippen LogP contribution is -2.45. The smallest absolute Gasteiger partial charge is 0.251 e. The molecule has 1 aromatic rings. The zero-order valence-corrected chi connectivity index (χ0v) is 17.8. The van der Waals surface area contributed by atoms with Crippen molar-refractivity contribution in [1.82, 2.24) is 15.5 Å². The third-order valence-electron chi connectivity index (χ3n) is 6.02. The van der Waals surface area contributed by atoms with Crippen LogP contribution in [0.2, 0.25) is 0 Å². The maximum atomic E-state index is 12.5. The molecule has 6 heteroatoms. The minimum absolute atomic E-state index is 0.0179. The molecule has 160 valence electrons. The topological polar surface area (TPSA) is 70.7 Å². The van der Waals surface area contributed by atoms with Gasteiger partial charge < -0.3 is 15.4 Å². The number of nitrogens with one attached hydrogen (secondary N) is 2. The Bertz CT molecular complexity index is 672. The van der Waals surface area contributed by atoms with Gasteiger partial charge in [0.05, 0.1) is 0 Å². The molecule has 1 saturated carbocycles. The summed E-state index contributed by atoms with van der Waals surface area (Å²) >= 11 is 0. The first-order chi connectivity index (χ1) is 14.1. The molecule has 0 radical (unpaired) electrons. The molecule has 1 aliphatic heterocycles. The van der Waals surface area contributed by atoms with Crippen LogP contribution in [0.5, 0.6) is 0 Å². The second-order valence-electron chi connectivity index (χ2n) is 8.50. The molecule has 1 aliphatic carbocycles. The minimum Gasteiger partial charge on any atom is -0.385 e. The lowest BCUT2D eigenvalue weighted by molar-refractivity contribution is -0.122. The number of aryl methyl sites for hydroxylation is 1. The molecule has 1 saturated heterocycles. The number of hydrogen-bond acceptors (Lipinski definition) is 4. The number of hydrogen-bond donors (Lipinski definition) is 2. The monoisotopic (exact) mass is 401 g/mol. The Morgan fingerprint density at radius 3 is 2.48 bits per heavy atom. The highest BCUT2D eigenvalue weighted by Crippen LogP contribution is 2.35. The van der Waals surface area contributed by atoms with Crippen LogP contribution in [0, 0.1) is 12.8 Å². The lowest BCUT2D eigenvalue weighted by Gasteiger charge is -2.30. The average Bonchev–Trinajstić information content (AvgIpc) is 3.46. The van der Waals surface area contributed by atoms with Gasteiger partial charge in [-0.05, 0) is 57.1 Å². The van der Waals surface area contributed by atoms with Crippen LogP contribution in [0.1, 0.15) is 54.4 Å². The fourth-order valence-electron chi connectivity index (χ4n) is 4.10. The van der Waals surface area contributed by atoms with Gasteiger partial charge in [-0.3, -0.25) is 14.5 Å². The molecular weight excluding hydrogens is 366 g/mol. The predicted octanol–water partition coefficient (Wildman–Crippen LogP) is 2.51. The molecule has 3 rings (SSSR count). The van der Waals surface area contributed by atoms with Crippen molar-refractivity contribution in [2.75, 3.05) is 33.4 Å². The SMILES string of the molecule is COCCCNC(=O)C[C@H]1CC[C@@H](CNC(=O)c2ccc(C)cc2)N1CC1CC1. The highest BCUT2D eigenvalue weighted by molar-refractivity contribution is 5.94. The fraction of sp³-hybridized carbons (Fsp3) is 0.652. The van der Waals surface area contributed by atoms with Crippen LogP contribution in [0.4, 0.5) is 0 Å². The van der Waals surface area contributed by atoms with Crippen LogP contribution in [0.15, 0.2) is 24.3 Å². The summed E-state index contributed by atoms with van der Waals surface area (Å²) < 4.78 is 5.03. The first kappa shape index (κ1) is 21.8. The minimum atomic E-state index is -0.0179. The molecule has 2 amide bonds. The van der Waals surface area contributed by atoms with Crippen molar-refractivity contribution in [2.45, 2.75) is 57.5 Å². The van der Waals surface area contributed by atoms with E-state index in [1.54, 1.807) is 7.11 Å². The van der Waals surface area contributed by atoms with Gasteiger partial charge in [-0.15, -0.1) is 0 Å². The maximum Gasteiger partial charge on any atom is 0.251 e. The van der Waals surface area contributed by atoms with Crippen LogP contribution in [0.25, 0.3) is 0 Å². The second-order valence-corrected chi connectivity index (χ2v) is 8.50. The van der Waals surface area contributed by atoms with Gasteiger partial charge in [0.25, 0.3) is 5.91 Å². The van der Waals surface area contributed by atoms with Gasteiger partial charge in [0.15, 0.2) is 0 Å². The van der Waals surface area contributed by atoms with E-state index in [2.05, 4.69) is 15.5 Å². The van der Waals surface area contributed by atoms with Crippen LogP contribution in [0.3, 0.4) is 0 Å². The van der Waals surface area contributed by atoms with Crippen LogP contribution < -0.4 is 10.6 Å². The number of likely N-dealkylation sites (tertiary alicyclic amines) is 1. The van der Waals surface area contributed by atoms with Gasteiger partial charge in [-0.1, -0.05) is 17.7 Å². The number of carbonyl (C=O) groups excluding carboxylic acids is 2. The predicted molar refractivity (Wildman–Crippen MR) is 114 cm³/mol. The van der Waals surface area contributed by atoms with Crippen molar-refractivity contribution in [3.05, 3.63) is 35.4 Å². The second kappa shape index (κ2) is 10.7. The number of carbonyl (C=O) groups is 2. The van der Waals surface area contributed by atoms with Crippen LogP contribution in [-0.2, 0) is 9.53 Å². The number of rotatable bonds is 11. The summed E-state index contributed by atoms with van der Waals surface area (Å²) in [6.07, 6.45) is 6.00. The lowest BCUT2D eigenvalue weighted by atomic mass is 10.1. The Kier molecular flexibility index (Phi) is 8.07. The molecule has 2 aliphatic rings. The third-order valence-corrected chi connectivity index (χ3v) is 6.02. The number of methoxy groups -OCH3 is 1. The quantitative estimate of drug-likeness (QED) is 0.559. The van der Waals surface area contributed by atoms with E-state index in [-0.39, 0.29) is 17.9 Å². The number of nitrogens with zero attached hydrogens (tertiary/aromatic N) is 1. The molecule has 1 heterocycles. The fourth-order valence-corrected chi connectivity index (χ4v) is 4.10. The highest BCUT2D eigenvalue weighted by Gasteiger charge is 2.37. The van der Waals surface area contributed by atoms with Gasteiger partial charge in [0.2, 0.25) is 5.91 Å². The van der Waals surface area contributed by atoms with E-state index in [1.165, 1.54) is 12.8 Å².